The Bertz CT molecular complexity index is 472. The largest absolute Gasteiger partial charge is 0.487 e. The minimum Gasteiger partial charge on any atom is -0.487 e. The fourth-order valence-electron chi connectivity index (χ4n) is 2.01. The van der Waals surface area contributed by atoms with Gasteiger partial charge in [-0.1, -0.05) is 18.3 Å². The molecule has 0 bridgehead atoms. The van der Waals surface area contributed by atoms with Crippen molar-refractivity contribution in [1.29, 1.82) is 0 Å². The van der Waals surface area contributed by atoms with Crippen LogP contribution in [-0.4, -0.2) is 26.3 Å². The molecule has 1 aliphatic rings. The molecule has 1 fully saturated rings. The van der Waals surface area contributed by atoms with E-state index >= 15 is 0 Å². The standard InChI is InChI=1S/C15H22O4S/c1-5-14(2,3)13(16)19-15(8-9-18-10-15)11-6-7-12(17-4)20-11/h6-7H,5,8-10H2,1-4H3. The van der Waals surface area contributed by atoms with Crippen LogP contribution in [0.1, 0.15) is 38.5 Å². The summed E-state index contributed by atoms with van der Waals surface area (Å²) in [6, 6.07) is 3.86. The molecule has 0 N–H and O–H groups in total. The number of ether oxygens (including phenoxy) is 3. The highest BCUT2D eigenvalue weighted by Crippen LogP contribution is 2.42. The smallest absolute Gasteiger partial charge is 0.312 e. The van der Waals surface area contributed by atoms with Crippen molar-refractivity contribution in [3.8, 4) is 5.06 Å². The van der Waals surface area contributed by atoms with Crippen molar-refractivity contribution in [3.63, 3.8) is 0 Å². The molecular weight excluding hydrogens is 276 g/mol. The predicted molar refractivity (Wildman–Crippen MR) is 78.1 cm³/mol. The van der Waals surface area contributed by atoms with Crippen LogP contribution in [0.4, 0.5) is 0 Å². The fourth-order valence-corrected chi connectivity index (χ4v) is 2.97. The van der Waals surface area contributed by atoms with Crippen LogP contribution in [0.5, 0.6) is 5.06 Å². The van der Waals surface area contributed by atoms with Crippen LogP contribution in [-0.2, 0) is 19.9 Å². The Kier molecular flexibility index (Phi) is 4.39. The average molecular weight is 298 g/mol. The number of carbonyl (C=O) groups is 1. The van der Waals surface area contributed by atoms with Crippen molar-refractivity contribution in [2.75, 3.05) is 20.3 Å². The average Bonchev–Trinajstić information content (AvgIpc) is 3.07. The summed E-state index contributed by atoms with van der Waals surface area (Å²) in [6.45, 7) is 6.84. The lowest BCUT2D eigenvalue weighted by molar-refractivity contribution is -0.171. The Balaban J connectivity index is 2.24. The minimum atomic E-state index is -0.648. The van der Waals surface area contributed by atoms with Crippen molar-refractivity contribution in [1.82, 2.24) is 0 Å². The molecule has 20 heavy (non-hydrogen) atoms. The third-order valence-electron chi connectivity index (χ3n) is 3.94. The van der Waals surface area contributed by atoms with Crippen molar-refractivity contribution in [2.24, 2.45) is 5.41 Å². The van der Waals surface area contributed by atoms with E-state index in [4.69, 9.17) is 14.2 Å². The Morgan fingerprint density at radius 3 is 2.75 bits per heavy atom. The SMILES string of the molecule is CCC(C)(C)C(=O)OC1(c2ccc(OC)s2)CCOC1. The zero-order valence-corrected chi connectivity index (χ0v) is 13.3. The Morgan fingerprint density at radius 2 is 2.25 bits per heavy atom. The Hall–Kier alpha value is -1.07. The van der Waals surface area contributed by atoms with Gasteiger partial charge >= 0.3 is 5.97 Å². The molecule has 1 aromatic rings. The van der Waals surface area contributed by atoms with Crippen LogP contribution < -0.4 is 4.74 Å². The summed E-state index contributed by atoms with van der Waals surface area (Å²) in [6.07, 6.45) is 1.44. The van der Waals surface area contributed by atoms with Gasteiger partial charge in [0.15, 0.2) is 10.7 Å². The number of methoxy groups -OCH3 is 1. The van der Waals surface area contributed by atoms with E-state index in [0.29, 0.717) is 19.6 Å². The first-order valence-corrected chi connectivity index (χ1v) is 7.71. The van der Waals surface area contributed by atoms with E-state index in [0.717, 1.165) is 16.4 Å². The van der Waals surface area contributed by atoms with Gasteiger partial charge in [-0.3, -0.25) is 4.79 Å². The Labute approximate surface area is 124 Å². The molecular formula is C15H22O4S. The van der Waals surface area contributed by atoms with Crippen LogP contribution >= 0.6 is 11.3 Å². The zero-order valence-electron chi connectivity index (χ0n) is 12.5. The summed E-state index contributed by atoms with van der Waals surface area (Å²) in [5, 5.41) is 0.817. The number of hydrogen-bond acceptors (Lipinski definition) is 5. The van der Waals surface area contributed by atoms with Crippen molar-refractivity contribution >= 4 is 17.3 Å². The first-order chi connectivity index (χ1) is 9.43. The van der Waals surface area contributed by atoms with Gasteiger partial charge in [0.25, 0.3) is 0 Å². The van der Waals surface area contributed by atoms with Gasteiger partial charge in [-0.2, -0.15) is 0 Å². The molecule has 0 spiro atoms. The zero-order chi connectivity index (χ0) is 14.8. The summed E-state index contributed by atoms with van der Waals surface area (Å²) in [5.41, 5.74) is -1.12. The second-order valence-electron chi connectivity index (χ2n) is 5.75. The molecule has 4 nitrogen and oxygen atoms in total. The van der Waals surface area contributed by atoms with E-state index in [-0.39, 0.29) is 5.97 Å². The summed E-state index contributed by atoms with van der Waals surface area (Å²) < 4.78 is 16.6. The second-order valence-corrected chi connectivity index (χ2v) is 6.79. The van der Waals surface area contributed by atoms with Gasteiger partial charge in [0.2, 0.25) is 0 Å². The van der Waals surface area contributed by atoms with E-state index in [9.17, 15) is 4.79 Å². The Morgan fingerprint density at radius 1 is 1.50 bits per heavy atom. The fraction of sp³-hybridized carbons (Fsp3) is 0.667. The maximum atomic E-state index is 12.4. The van der Waals surface area contributed by atoms with Crippen molar-refractivity contribution < 1.29 is 19.0 Å². The normalized spacial score (nSPS) is 22.8. The molecule has 1 unspecified atom stereocenters. The second kappa shape index (κ2) is 5.74. The molecule has 0 saturated carbocycles. The molecule has 1 atom stereocenters. The molecule has 1 saturated heterocycles. The molecule has 0 aliphatic carbocycles. The lowest BCUT2D eigenvalue weighted by Gasteiger charge is -2.31. The lowest BCUT2D eigenvalue weighted by Crippen LogP contribution is -2.37. The molecule has 1 aliphatic heterocycles. The summed E-state index contributed by atoms with van der Waals surface area (Å²) in [4.78, 5) is 13.4. The third-order valence-corrected chi connectivity index (χ3v) is 5.17. The van der Waals surface area contributed by atoms with Gasteiger partial charge in [-0.15, -0.1) is 0 Å². The minimum absolute atomic E-state index is 0.169. The van der Waals surface area contributed by atoms with Crippen LogP contribution in [0.2, 0.25) is 0 Å². The molecule has 2 rings (SSSR count). The van der Waals surface area contributed by atoms with E-state index < -0.39 is 11.0 Å². The number of thiophene rings is 1. The molecule has 112 valence electrons. The molecule has 5 heteroatoms. The van der Waals surface area contributed by atoms with E-state index in [1.807, 2.05) is 32.9 Å². The van der Waals surface area contributed by atoms with E-state index in [2.05, 4.69) is 0 Å². The first-order valence-electron chi connectivity index (χ1n) is 6.89. The summed E-state index contributed by atoms with van der Waals surface area (Å²) >= 11 is 1.51. The quantitative estimate of drug-likeness (QED) is 0.782. The van der Waals surface area contributed by atoms with Crippen LogP contribution in [0, 0.1) is 5.41 Å². The first kappa shape index (κ1) is 15.3. The van der Waals surface area contributed by atoms with Crippen LogP contribution in [0.15, 0.2) is 12.1 Å². The maximum absolute atomic E-state index is 12.4. The van der Waals surface area contributed by atoms with Gasteiger partial charge in [0, 0.05) is 6.42 Å². The van der Waals surface area contributed by atoms with Gasteiger partial charge < -0.3 is 14.2 Å². The number of hydrogen-bond donors (Lipinski definition) is 0. The number of esters is 1. The van der Waals surface area contributed by atoms with Crippen molar-refractivity contribution in [2.45, 2.75) is 39.2 Å². The van der Waals surface area contributed by atoms with E-state index in [1.54, 1.807) is 7.11 Å². The molecule has 0 aromatic carbocycles. The van der Waals surface area contributed by atoms with Gasteiger partial charge in [-0.05, 0) is 32.4 Å². The van der Waals surface area contributed by atoms with Gasteiger partial charge in [-0.25, -0.2) is 0 Å². The monoisotopic (exact) mass is 298 g/mol. The van der Waals surface area contributed by atoms with Gasteiger partial charge in [0.05, 0.1) is 30.6 Å². The third kappa shape index (κ3) is 2.83. The molecule has 0 amide bonds. The van der Waals surface area contributed by atoms with Crippen LogP contribution in [0.25, 0.3) is 0 Å². The highest BCUT2D eigenvalue weighted by atomic mass is 32.1. The van der Waals surface area contributed by atoms with Crippen molar-refractivity contribution in [3.05, 3.63) is 17.0 Å². The molecule has 2 heterocycles. The highest BCUT2D eigenvalue weighted by molar-refractivity contribution is 7.14. The lowest BCUT2D eigenvalue weighted by atomic mass is 9.90. The number of carbonyl (C=O) groups excluding carboxylic acids is 1. The van der Waals surface area contributed by atoms with Gasteiger partial charge in [0.1, 0.15) is 0 Å². The highest BCUT2D eigenvalue weighted by Gasteiger charge is 2.44. The maximum Gasteiger partial charge on any atom is 0.312 e. The predicted octanol–water partition coefficient (Wildman–Crippen LogP) is 3.35. The molecule has 1 aromatic heterocycles. The number of rotatable bonds is 5. The topological polar surface area (TPSA) is 44.8 Å². The van der Waals surface area contributed by atoms with Crippen LogP contribution in [0.3, 0.4) is 0 Å². The van der Waals surface area contributed by atoms with E-state index in [1.165, 1.54) is 11.3 Å². The summed E-state index contributed by atoms with van der Waals surface area (Å²) in [5.74, 6) is -0.169. The molecule has 0 radical (unpaired) electrons. The summed E-state index contributed by atoms with van der Waals surface area (Å²) in [7, 11) is 1.64.